The predicted molar refractivity (Wildman–Crippen MR) is 74.6 cm³/mol. The maximum Gasteiger partial charge on any atom is 0.341 e. The van der Waals surface area contributed by atoms with Crippen LogP contribution in [0.4, 0.5) is 0 Å². The highest BCUT2D eigenvalue weighted by molar-refractivity contribution is 6.20. The third kappa shape index (κ3) is 2.71. The molecule has 0 bridgehead atoms. The van der Waals surface area contributed by atoms with Crippen molar-refractivity contribution in [2.24, 2.45) is 0 Å². The number of hydrogen-bond acceptors (Lipinski definition) is 3. The van der Waals surface area contributed by atoms with Crippen molar-refractivity contribution in [2.75, 3.05) is 7.11 Å². The van der Waals surface area contributed by atoms with E-state index in [0.717, 1.165) is 16.3 Å². The summed E-state index contributed by atoms with van der Waals surface area (Å²) in [5, 5.41) is 2.05. The summed E-state index contributed by atoms with van der Waals surface area (Å²) in [5.41, 5.74) is 0.882. The van der Waals surface area contributed by atoms with Crippen LogP contribution in [0, 0.1) is 0 Å². The summed E-state index contributed by atoms with van der Waals surface area (Å²) >= 11 is 0. The van der Waals surface area contributed by atoms with Crippen molar-refractivity contribution >= 4 is 28.6 Å². The Morgan fingerprint density at radius 1 is 1.05 bits per heavy atom. The molecule has 2 aromatic rings. The van der Waals surface area contributed by atoms with Crippen molar-refractivity contribution in [3.8, 4) is 0 Å². The molecule has 0 heterocycles. The number of fused-ring (bicyclic) bond motifs is 1. The highest BCUT2D eigenvalue weighted by Gasteiger charge is 2.15. The first-order valence-corrected chi connectivity index (χ1v) is 5.92. The third-order valence-corrected chi connectivity index (χ3v) is 2.91. The Bertz CT molecular complexity index is 663. The van der Waals surface area contributed by atoms with E-state index in [1.54, 1.807) is 6.08 Å². The Kier molecular flexibility index (Phi) is 3.76. The first-order chi connectivity index (χ1) is 9.13. The summed E-state index contributed by atoms with van der Waals surface area (Å²) in [6.45, 7) is 1.36. The Morgan fingerprint density at radius 3 is 2.42 bits per heavy atom. The number of methoxy groups -OCH3 is 1. The van der Waals surface area contributed by atoms with Gasteiger partial charge in [-0.25, -0.2) is 4.79 Å². The van der Waals surface area contributed by atoms with Crippen LogP contribution in [0.15, 0.2) is 48.0 Å². The van der Waals surface area contributed by atoms with Crippen LogP contribution in [0.1, 0.15) is 12.5 Å². The van der Waals surface area contributed by atoms with E-state index in [-0.39, 0.29) is 11.4 Å². The molecule has 0 amide bonds. The minimum atomic E-state index is -0.611. The second kappa shape index (κ2) is 5.48. The summed E-state index contributed by atoms with van der Waals surface area (Å²) in [5.74, 6) is -0.916. The first-order valence-electron chi connectivity index (χ1n) is 5.92. The summed E-state index contributed by atoms with van der Waals surface area (Å²) in [4.78, 5) is 23.1. The number of rotatable bonds is 3. The van der Waals surface area contributed by atoms with E-state index in [0.29, 0.717) is 0 Å². The summed E-state index contributed by atoms with van der Waals surface area (Å²) in [6.07, 6.45) is 1.58. The van der Waals surface area contributed by atoms with Gasteiger partial charge in [-0.3, -0.25) is 4.79 Å². The number of esters is 1. The molecule has 0 aromatic heterocycles. The summed E-state index contributed by atoms with van der Waals surface area (Å²) in [7, 11) is 1.27. The Hall–Kier alpha value is -2.42. The van der Waals surface area contributed by atoms with Gasteiger partial charge in [0.05, 0.1) is 7.11 Å². The Balaban J connectivity index is 2.61. The van der Waals surface area contributed by atoms with Gasteiger partial charge < -0.3 is 4.74 Å². The fourth-order valence-corrected chi connectivity index (χ4v) is 1.95. The van der Waals surface area contributed by atoms with Crippen LogP contribution in [-0.2, 0) is 14.3 Å². The molecular weight excluding hydrogens is 240 g/mol. The predicted octanol–water partition coefficient (Wildman–Crippen LogP) is 2.99. The molecule has 0 radical (unpaired) electrons. The van der Waals surface area contributed by atoms with Crippen LogP contribution in [-0.4, -0.2) is 18.9 Å². The fourth-order valence-electron chi connectivity index (χ4n) is 1.95. The van der Waals surface area contributed by atoms with E-state index in [4.69, 9.17) is 0 Å². The molecule has 0 fully saturated rings. The molecule has 0 saturated heterocycles. The number of Topliss-reactive ketones (excluding diaryl/α,β-unsaturated/α-hetero) is 1. The van der Waals surface area contributed by atoms with Gasteiger partial charge in [0.2, 0.25) is 0 Å². The van der Waals surface area contributed by atoms with E-state index in [9.17, 15) is 9.59 Å². The molecule has 0 aliphatic rings. The molecule has 0 spiro atoms. The van der Waals surface area contributed by atoms with Crippen molar-refractivity contribution in [1.82, 2.24) is 0 Å². The van der Waals surface area contributed by atoms with E-state index in [1.807, 2.05) is 42.5 Å². The topological polar surface area (TPSA) is 43.4 Å². The van der Waals surface area contributed by atoms with E-state index in [2.05, 4.69) is 4.74 Å². The van der Waals surface area contributed by atoms with Crippen LogP contribution in [0.2, 0.25) is 0 Å². The number of benzene rings is 2. The number of hydrogen-bond donors (Lipinski definition) is 0. The molecule has 0 unspecified atom stereocenters. The highest BCUT2D eigenvalue weighted by atomic mass is 16.5. The van der Waals surface area contributed by atoms with Gasteiger partial charge in [0.1, 0.15) is 5.57 Å². The highest BCUT2D eigenvalue weighted by Crippen LogP contribution is 2.21. The Morgan fingerprint density at radius 2 is 1.74 bits per heavy atom. The van der Waals surface area contributed by atoms with Crippen LogP contribution in [0.3, 0.4) is 0 Å². The maximum atomic E-state index is 11.6. The van der Waals surface area contributed by atoms with Gasteiger partial charge in [0.15, 0.2) is 5.78 Å². The minimum absolute atomic E-state index is 0.0545. The van der Waals surface area contributed by atoms with Crippen LogP contribution >= 0.6 is 0 Å². The van der Waals surface area contributed by atoms with Crippen molar-refractivity contribution in [2.45, 2.75) is 6.92 Å². The molecule has 19 heavy (non-hydrogen) atoms. The minimum Gasteiger partial charge on any atom is -0.465 e. The second-order valence-corrected chi connectivity index (χ2v) is 4.17. The first kappa shape index (κ1) is 13.0. The number of ketones is 1. The van der Waals surface area contributed by atoms with Crippen LogP contribution in [0.25, 0.3) is 16.8 Å². The van der Waals surface area contributed by atoms with Crippen molar-refractivity contribution in [3.63, 3.8) is 0 Å². The zero-order valence-electron chi connectivity index (χ0n) is 10.8. The second-order valence-electron chi connectivity index (χ2n) is 4.17. The van der Waals surface area contributed by atoms with E-state index >= 15 is 0 Å². The molecular formula is C16H14O3. The number of carbonyl (C=O) groups excluding carboxylic acids is 2. The van der Waals surface area contributed by atoms with Gasteiger partial charge >= 0.3 is 5.97 Å². The lowest BCUT2D eigenvalue weighted by atomic mass is 10.0. The van der Waals surface area contributed by atoms with Gasteiger partial charge in [-0.05, 0) is 29.3 Å². The van der Waals surface area contributed by atoms with Crippen LogP contribution in [0.5, 0.6) is 0 Å². The van der Waals surface area contributed by atoms with Gasteiger partial charge in [-0.15, -0.1) is 0 Å². The third-order valence-electron chi connectivity index (χ3n) is 2.91. The quantitative estimate of drug-likeness (QED) is 0.366. The number of carbonyl (C=O) groups is 2. The van der Waals surface area contributed by atoms with Gasteiger partial charge in [0.25, 0.3) is 0 Å². The van der Waals surface area contributed by atoms with Gasteiger partial charge in [0, 0.05) is 0 Å². The smallest absolute Gasteiger partial charge is 0.341 e. The SMILES string of the molecule is COC(=O)/C(=C\c1cccc2ccccc12)C(C)=O. The Labute approximate surface area is 111 Å². The van der Waals surface area contributed by atoms with E-state index < -0.39 is 5.97 Å². The summed E-state index contributed by atoms with van der Waals surface area (Å²) < 4.78 is 4.63. The standard InChI is InChI=1S/C16H14O3/c1-11(17)15(16(18)19-2)10-13-8-5-7-12-6-3-4-9-14(12)13/h3-10H,1-2H3/b15-10-. The average molecular weight is 254 g/mol. The molecule has 0 aliphatic carbocycles. The fraction of sp³-hybridized carbons (Fsp3) is 0.125. The van der Waals surface area contributed by atoms with Crippen molar-refractivity contribution in [3.05, 3.63) is 53.6 Å². The van der Waals surface area contributed by atoms with Crippen LogP contribution < -0.4 is 0 Å². The number of ether oxygens (including phenoxy) is 1. The molecule has 0 N–H and O–H groups in total. The van der Waals surface area contributed by atoms with Crippen molar-refractivity contribution < 1.29 is 14.3 Å². The molecule has 0 atom stereocenters. The van der Waals surface area contributed by atoms with Gasteiger partial charge in [-0.2, -0.15) is 0 Å². The molecule has 96 valence electrons. The zero-order chi connectivity index (χ0) is 13.8. The molecule has 3 nitrogen and oxygen atoms in total. The lowest BCUT2D eigenvalue weighted by molar-refractivity contribution is -0.137. The maximum absolute atomic E-state index is 11.6. The van der Waals surface area contributed by atoms with Gasteiger partial charge in [-0.1, -0.05) is 42.5 Å². The molecule has 0 aliphatic heterocycles. The normalized spacial score (nSPS) is 11.4. The average Bonchev–Trinajstić information content (AvgIpc) is 2.43. The van der Waals surface area contributed by atoms with Crippen molar-refractivity contribution in [1.29, 1.82) is 0 Å². The molecule has 3 heteroatoms. The lowest BCUT2D eigenvalue weighted by Crippen LogP contribution is -2.11. The monoisotopic (exact) mass is 254 g/mol. The molecule has 2 aromatic carbocycles. The summed E-state index contributed by atoms with van der Waals surface area (Å²) in [6, 6.07) is 13.6. The lowest BCUT2D eigenvalue weighted by Gasteiger charge is -2.05. The largest absolute Gasteiger partial charge is 0.465 e. The van der Waals surface area contributed by atoms with E-state index in [1.165, 1.54) is 14.0 Å². The molecule has 2 rings (SSSR count). The molecule has 0 saturated carbocycles. The zero-order valence-corrected chi connectivity index (χ0v) is 10.8.